The van der Waals surface area contributed by atoms with E-state index >= 15 is 0 Å². The highest BCUT2D eigenvalue weighted by molar-refractivity contribution is 5.87. The molecule has 4 N–H and O–H groups in total. The van der Waals surface area contributed by atoms with E-state index < -0.39 is 41.2 Å². The van der Waals surface area contributed by atoms with Crippen LogP contribution >= 0.6 is 0 Å². The first kappa shape index (κ1) is 32.9. The summed E-state index contributed by atoms with van der Waals surface area (Å²) in [6.45, 7) is 5.27. The minimum atomic E-state index is -1.24. The molecule has 0 aromatic heterocycles. The van der Waals surface area contributed by atoms with Crippen molar-refractivity contribution in [2.24, 2.45) is 0 Å². The molecule has 2 aliphatic heterocycles. The lowest BCUT2D eigenvalue weighted by molar-refractivity contribution is -0.175. The van der Waals surface area contributed by atoms with Gasteiger partial charge in [0.2, 0.25) is 11.8 Å². The molecule has 2 amide bonds. The molecule has 0 radical (unpaired) electrons. The number of likely N-dealkylation sites (N-methyl/N-ethyl adjacent to an activating group) is 1. The van der Waals surface area contributed by atoms with Crippen molar-refractivity contribution in [3.8, 4) is 5.75 Å². The van der Waals surface area contributed by atoms with E-state index in [1.165, 1.54) is 13.8 Å². The Balaban J connectivity index is 1.22. The molecule has 6 atom stereocenters. The number of amides is 2. The van der Waals surface area contributed by atoms with E-state index in [1.807, 2.05) is 26.1 Å². The topological polar surface area (TPSA) is 164 Å². The van der Waals surface area contributed by atoms with Crippen molar-refractivity contribution in [1.82, 2.24) is 15.5 Å². The van der Waals surface area contributed by atoms with Gasteiger partial charge in [0.15, 0.2) is 12.2 Å². The Kier molecular flexibility index (Phi) is 9.57. The first-order chi connectivity index (χ1) is 21.5. The molecule has 246 valence electrons. The summed E-state index contributed by atoms with van der Waals surface area (Å²) in [7, 11) is 2.00. The van der Waals surface area contributed by atoms with Crippen LogP contribution in [0.15, 0.2) is 24.0 Å². The smallest absolute Gasteiger partial charge is 0.352 e. The third-order valence-corrected chi connectivity index (χ3v) is 9.90. The van der Waals surface area contributed by atoms with Crippen molar-refractivity contribution in [1.29, 1.82) is 0 Å². The van der Waals surface area contributed by atoms with Gasteiger partial charge in [0, 0.05) is 37.1 Å². The molecule has 1 saturated heterocycles. The van der Waals surface area contributed by atoms with Crippen LogP contribution in [-0.2, 0) is 47.1 Å². The number of piperidine rings is 1. The highest BCUT2D eigenvalue weighted by Gasteiger charge is 2.71. The normalized spacial score (nSPS) is 27.3. The Morgan fingerprint density at radius 3 is 2.71 bits per heavy atom. The predicted molar refractivity (Wildman–Crippen MR) is 162 cm³/mol. The molecule has 12 heteroatoms. The lowest BCUT2D eigenvalue weighted by atomic mass is 9.50. The van der Waals surface area contributed by atoms with Crippen LogP contribution in [0.25, 0.3) is 0 Å². The number of likely N-dealkylation sites (tertiary alicyclic amines) is 1. The number of unbranched alkanes of at least 4 members (excludes halogenated alkanes) is 2. The number of hydrogen-bond donors (Lipinski definition) is 4. The molecule has 1 aromatic carbocycles. The summed E-state index contributed by atoms with van der Waals surface area (Å²) in [5.41, 5.74) is 0.538. The summed E-state index contributed by atoms with van der Waals surface area (Å²) in [5.74, 6) is -1.38. The number of carbonyl (C=O) groups is 4. The van der Waals surface area contributed by atoms with Gasteiger partial charge in [0.25, 0.3) is 0 Å². The van der Waals surface area contributed by atoms with Gasteiger partial charge in [0.1, 0.15) is 17.6 Å². The highest BCUT2D eigenvalue weighted by atomic mass is 16.6. The molecule has 5 rings (SSSR count). The van der Waals surface area contributed by atoms with E-state index in [1.54, 1.807) is 6.08 Å². The van der Waals surface area contributed by atoms with E-state index in [-0.39, 0.29) is 49.6 Å². The second-order valence-electron chi connectivity index (χ2n) is 12.7. The van der Waals surface area contributed by atoms with Gasteiger partial charge in [-0.3, -0.25) is 14.4 Å². The number of hydrogen-bond acceptors (Lipinski definition) is 10. The Hall–Kier alpha value is -3.48. The lowest BCUT2D eigenvalue weighted by Gasteiger charge is -2.61. The van der Waals surface area contributed by atoms with Gasteiger partial charge in [-0.2, -0.15) is 0 Å². The Labute approximate surface area is 263 Å². The lowest BCUT2D eigenvalue weighted by Crippen LogP contribution is -2.74. The summed E-state index contributed by atoms with van der Waals surface area (Å²) >= 11 is 0. The number of aliphatic hydroxyl groups excluding tert-OH is 1. The molecule has 45 heavy (non-hydrogen) atoms. The SMILES string of the molecule is CCCCC[C@H](NC(C)=O)C(=O)NCCC(=O)O[C@@H](C)C(=O)OC1=CC[C@@]2(O)[C@H]3Cc4ccc(CO)c5c4[C@@]2(CCN3C)[C@H]1O5. The number of aliphatic hydroxyl groups is 2. The molecule has 1 aromatic rings. The minimum Gasteiger partial charge on any atom is -0.481 e. The van der Waals surface area contributed by atoms with Gasteiger partial charge in [0.05, 0.1) is 24.0 Å². The third kappa shape index (κ3) is 5.83. The van der Waals surface area contributed by atoms with Gasteiger partial charge in [-0.1, -0.05) is 38.3 Å². The summed E-state index contributed by atoms with van der Waals surface area (Å²) in [6.07, 6.45) is 4.15. The zero-order valence-electron chi connectivity index (χ0n) is 26.5. The quantitative estimate of drug-likeness (QED) is 0.186. The van der Waals surface area contributed by atoms with Gasteiger partial charge in [-0.05, 0) is 51.4 Å². The number of carbonyl (C=O) groups excluding carboxylic acids is 4. The Morgan fingerprint density at radius 2 is 2.00 bits per heavy atom. The monoisotopic (exact) mass is 627 g/mol. The summed E-state index contributed by atoms with van der Waals surface area (Å²) in [5, 5.41) is 27.7. The van der Waals surface area contributed by atoms with E-state index in [0.29, 0.717) is 37.1 Å². The van der Waals surface area contributed by atoms with E-state index in [2.05, 4.69) is 15.5 Å². The molecular weight excluding hydrogens is 582 g/mol. The van der Waals surface area contributed by atoms with Crippen molar-refractivity contribution in [3.63, 3.8) is 0 Å². The van der Waals surface area contributed by atoms with Gasteiger partial charge < -0.3 is 40.0 Å². The van der Waals surface area contributed by atoms with Crippen LogP contribution in [0, 0.1) is 0 Å². The number of nitrogens with zero attached hydrogens (tertiary/aromatic N) is 1. The molecule has 0 unspecified atom stereocenters. The third-order valence-electron chi connectivity index (χ3n) is 9.90. The van der Waals surface area contributed by atoms with E-state index in [4.69, 9.17) is 14.2 Å². The zero-order chi connectivity index (χ0) is 32.5. The van der Waals surface area contributed by atoms with Crippen molar-refractivity contribution < 1.29 is 43.6 Å². The van der Waals surface area contributed by atoms with Crippen LogP contribution < -0.4 is 15.4 Å². The molecule has 12 nitrogen and oxygen atoms in total. The molecule has 2 heterocycles. The number of benzene rings is 1. The summed E-state index contributed by atoms with van der Waals surface area (Å²) in [4.78, 5) is 52.0. The van der Waals surface area contributed by atoms with E-state index in [0.717, 1.165) is 30.4 Å². The number of esters is 2. The predicted octanol–water partition coefficient (Wildman–Crippen LogP) is 1.52. The van der Waals surface area contributed by atoms with Crippen molar-refractivity contribution in [2.45, 2.75) is 114 Å². The number of rotatable bonds is 13. The second kappa shape index (κ2) is 13.1. The van der Waals surface area contributed by atoms with Crippen LogP contribution in [0.5, 0.6) is 5.75 Å². The fourth-order valence-corrected chi connectivity index (χ4v) is 7.66. The number of nitrogens with one attached hydrogen (secondary N) is 2. The van der Waals surface area contributed by atoms with Crippen molar-refractivity contribution >= 4 is 23.8 Å². The van der Waals surface area contributed by atoms with E-state index in [9.17, 15) is 29.4 Å². The number of ether oxygens (including phenoxy) is 3. The highest BCUT2D eigenvalue weighted by Crippen LogP contribution is 2.64. The molecule has 1 spiro atoms. The molecule has 1 fully saturated rings. The fourth-order valence-electron chi connectivity index (χ4n) is 7.66. The summed E-state index contributed by atoms with van der Waals surface area (Å²) < 4.78 is 17.6. The minimum absolute atomic E-state index is 0.0190. The van der Waals surface area contributed by atoms with Crippen molar-refractivity contribution in [2.75, 3.05) is 20.1 Å². The fraction of sp³-hybridized carbons (Fsp3) is 0.636. The first-order valence-electron chi connectivity index (χ1n) is 16.0. The maximum absolute atomic E-state index is 13.2. The largest absolute Gasteiger partial charge is 0.481 e. The second-order valence-corrected chi connectivity index (χ2v) is 12.7. The average molecular weight is 628 g/mol. The molecular formula is C33H45N3O9. The molecule has 2 bridgehead atoms. The van der Waals surface area contributed by atoms with Crippen LogP contribution in [0.3, 0.4) is 0 Å². The average Bonchev–Trinajstić information content (AvgIpc) is 3.35. The maximum atomic E-state index is 13.2. The Bertz CT molecular complexity index is 1380. The van der Waals surface area contributed by atoms with Crippen LogP contribution in [0.1, 0.15) is 82.4 Å². The van der Waals surface area contributed by atoms with Crippen LogP contribution in [-0.4, -0.2) is 88.9 Å². The van der Waals surface area contributed by atoms with Gasteiger partial charge in [-0.25, -0.2) is 4.79 Å². The summed E-state index contributed by atoms with van der Waals surface area (Å²) in [6, 6.07) is 2.99. The Morgan fingerprint density at radius 1 is 1.22 bits per heavy atom. The molecule has 2 aliphatic carbocycles. The molecule has 0 saturated carbocycles. The first-order valence-corrected chi connectivity index (χ1v) is 16.0. The van der Waals surface area contributed by atoms with Gasteiger partial charge in [-0.15, -0.1) is 0 Å². The van der Waals surface area contributed by atoms with Gasteiger partial charge >= 0.3 is 11.9 Å². The standard InChI is InChI=1S/C33H45N3O9/c1-5-6-7-8-23(35-20(3)38)30(40)34-15-12-26(39)43-19(2)31(41)44-24-11-13-33(42)25-17-21-9-10-22(18-37)28-27(21)32(33,29(24)45-28)14-16-36(25)4/h9-11,19,23,25,29,37,42H,5-8,12-18H2,1-4H3,(H,34,40)(H,35,38)/t19-,23-,25+,29-,32-,33+/m0/s1. The van der Waals surface area contributed by atoms with Crippen molar-refractivity contribution in [3.05, 3.63) is 40.7 Å². The van der Waals surface area contributed by atoms with Crippen LogP contribution in [0.4, 0.5) is 0 Å². The van der Waals surface area contributed by atoms with Crippen LogP contribution in [0.2, 0.25) is 0 Å². The molecule has 4 aliphatic rings. The zero-order valence-corrected chi connectivity index (χ0v) is 26.5. The maximum Gasteiger partial charge on any atom is 0.352 e.